The Morgan fingerprint density at radius 1 is 1.05 bits per heavy atom. The number of carbonyl (C=O) groups excluding carboxylic acids is 2. The van der Waals surface area contributed by atoms with Gasteiger partial charge in [-0.25, -0.2) is 0 Å². The highest BCUT2D eigenvalue weighted by atomic mass is 16.3. The summed E-state index contributed by atoms with van der Waals surface area (Å²) in [5.41, 5.74) is 0. The molecule has 2 amide bonds. The van der Waals surface area contributed by atoms with Crippen LogP contribution in [0.3, 0.4) is 0 Å². The van der Waals surface area contributed by atoms with Gasteiger partial charge >= 0.3 is 0 Å². The standard InChI is InChI=1S/C17H31NO3/c1-14-13-16(20)18(17(14)21)12-10-8-6-4-3-5-7-9-11-15(2)19/h14-15,19H,3-13H2,1-2H3/t14-,15?/m0/s1. The molecule has 21 heavy (non-hydrogen) atoms. The second kappa shape index (κ2) is 9.93. The van der Waals surface area contributed by atoms with Crippen molar-refractivity contribution < 1.29 is 14.7 Å². The predicted molar refractivity (Wildman–Crippen MR) is 83.7 cm³/mol. The molecule has 0 aromatic carbocycles. The van der Waals surface area contributed by atoms with Crippen molar-refractivity contribution >= 4 is 11.8 Å². The number of hydrogen-bond acceptors (Lipinski definition) is 3. The van der Waals surface area contributed by atoms with Crippen molar-refractivity contribution in [3.63, 3.8) is 0 Å². The molecule has 0 bridgehead atoms. The normalized spacial score (nSPS) is 20.3. The molecule has 2 atom stereocenters. The van der Waals surface area contributed by atoms with Crippen molar-refractivity contribution in [1.29, 1.82) is 0 Å². The van der Waals surface area contributed by atoms with Gasteiger partial charge in [0, 0.05) is 18.9 Å². The average molecular weight is 297 g/mol. The fourth-order valence-electron chi connectivity index (χ4n) is 2.85. The van der Waals surface area contributed by atoms with Crippen molar-refractivity contribution in [2.75, 3.05) is 6.54 Å². The molecule has 4 heteroatoms. The fourth-order valence-corrected chi connectivity index (χ4v) is 2.85. The van der Waals surface area contributed by atoms with Gasteiger partial charge in [-0.1, -0.05) is 51.9 Å². The lowest BCUT2D eigenvalue weighted by molar-refractivity contribution is -0.139. The molecule has 0 spiro atoms. The zero-order chi connectivity index (χ0) is 15.7. The molecule has 1 saturated heterocycles. The first-order valence-corrected chi connectivity index (χ1v) is 8.54. The molecule has 1 aliphatic rings. The molecule has 1 unspecified atom stereocenters. The summed E-state index contributed by atoms with van der Waals surface area (Å²) in [4.78, 5) is 24.8. The number of hydrogen-bond donors (Lipinski definition) is 1. The molecule has 4 nitrogen and oxygen atoms in total. The Labute approximate surface area is 128 Å². The summed E-state index contributed by atoms with van der Waals surface area (Å²) < 4.78 is 0. The summed E-state index contributed by atoms with van der Waals surface area (Å²) in [6, 6.07) is 0. The number of likely N-dealkylation sites (tertiary alicyclic amines) is 1. The van der Waals surface area contributed by atoms with E-state index in [4.69, 9.17) is 5.11 Å². The highest BCUT2D eigenvalue weighted by molar-refractivity contribution is 6.03. The van der Waals surface area contributed by atoms with Gasteiger partial charge in [0.05, 0.1) is 6.10 Å². The second-order valence-electron chi connectivity index (χ2n) is 6.45. The summed E-state index contributed by atoms with van der Waals surface area (Å²) in [5, 5.41) is 9.14. The highest BCUT2D eigenvalue weighted by Crippen LogP contribution is 2.19. The summed E-state index contributed by atoms with van der Waals surface area (Å²) in [6.07, 6.45) is 10.4. The van der Waals surface area contributed by atoms with Crippen molar-refractivity contribution in [3.05, 3.63) is 0 Å². The molecule has 1 fully saturated rings. The summed E-state index contributed by atoms with van der Waals surface area (Å²) >= 11 is 0. The number of imide groups is 1. The van der Waals surface area contributed by atoms with E-state index in [0.717, 1.165) is 25.7 Å². The van der Waals surface area contributed by atoms with Gasteiger partial charge in [-0.3, -0.25) is 14.5 Å². The predicted octanol–water partition coefficient (Wildman–Crippen LogP) is 3.27. The van der Waals surface area contributed by atoms with Gasteiger partial charge in [-0.15, -0.1) is 0 Å². The van der Waals surface area contributed by atoms with Crippen LogP contribution in [0.15, 0.2) is 0 Å². The molecule has 1 rings (SSSR count). The Morgan fingerprint density at radius 3 is 2.05 bits per heavy atom. The third-order valence-electron chi connectivity index (χ3n) is 4.22. The molecule has 0 aromatic heterocycles. The Morgan fingerprint density at radius 2 is 1.57 bits per heavy atom. The van der Waals surface area contributed by atoms with Gasteiger partial charge in [-0.2, -0.15) is 0 Å². The molecule has 1 N–H and O–H groups in total. The summed E-state index contributed by atoms with van der Waals surface area (Å²) in [6.45, 7) is 4.28. The van der Waals surface area contributed by atoms with E-state index in [2.05, 4.69) is 0 Å². The van der Waals surface area contributed by atoms with E-state index in [-0.39, 0.29) is 23.8 Å². The Hall–Kier alpha value is -0.900. The quantitative estimate of drug-likeness (QED) is 0.470. The maximum atomic E-state index is 11.7. The number of rotatable bonds is 11. The van der Waals surface area contributed by atoms with Gasteiger partial charge in [0.1, 0.15) is 0 Å². The zero-order valence-electron chi connectivity index (χ0n) is 13.6. The van der Waals surface area contributed by atoms with E-state index in [1.807, 2.05) is 13.8 Å². The molecule has 1 aliphatic heterocycles. The Bertz CT molecular complexity index is 328. The first-order chi connectivity index (χ1) is 10.0. The van der Waals surface area contributed by atoms with Crippen molar-refractivity contribution in [1.82, 2.24) is 4.90 Å². The van der Waals surface area contributed by atoms with Gasteiger partial charge in [0.25, 0.3) is 0 Å². The fraction of sp³-hybridized carbons (Fsp3) is 0.882. The number of carbonyl (C=O) groups is 2. The number of amides is 2. The van der Waals surface area contributed by atoms with E-state index in [1.54, 1.807) is 0 Å². The smallest absolute Gasteiger partial charge is 0.232 e. The van der Waals surface area contributed by atoms with Crippen molar-refractivity contribution in [2.45, 2.75) is 84.2 Å². The molecular formula is C17H31NO3. The van der Waals surface area contributed by atoms with Crippen LogP contribution in [0.2, 0.25) is 0 Å². The van der Waals surface area contributed by atoms with Crippen molar-refractivity contribution in [2.24, 2.45) is 5.92 Å². The van der Waals surface area contributed by atoms with Crippen LogP contribution in [0.5, 0.6) is 0 Å². The first-order valence-electron chi connectivity index (χ1n) is 8.54. The molecule has 122 valence electrons. The van der Waals surface area contributed by atoms with Crippen LogP contribution in [0.1, 0.15) is 78.1 Å². The lowest BCUT2D eigenvalue weighted by Gasteiger charge is -2.13. The zero-order valence-corrected chi connectivity index (χ0v) is 13.6. The van der Waals surface area contributed by atoms with E-state index < -0.39 is 0 Å². The maximum absolute atomic E-state index is 11.7. The van der Waals surface area contributed by atoms with Crippen LogP contribution in [0.4, 0.5) is 0 Å². The van der Waals surface area contributed by atoms with Crippen LogP contribution in [-0.2, 0) is 9.59 Å². The molecule has 0 saturated carbocycles. The topological polar surface area (TPSA) is 57.6 Å². The maximum Gasteiger partial charge on any atom is 0.232 e. The number of unbranched alkanes of at least 4 members (excludes halogenated alkanes) is 7. The molecule has 0 aliphatic carbocycles. The van der Waals surface area contributed by atoms with E-state index in [9.17, 15) is 9.59 Å². The minimum Gasteiger partial charge on any atom is -0.393 e. The van der Waals surface area contributed by atoms with Gasteiger partial charge in [0.2, 0.25) is 11.8 Å². The van der Waals surface area contributed by atoms with Crippen LogP contribution in [0, 0.1) is 5.92 Å². The van der Waals surface area contributed by atoms with Gasteiger partial charge in [0.15, 0.2) is 0 Å². The van der Waals surface area contributed by atoms with E-state index in [0.29, 0.717) is 13.0 Å². The van der Waals surface area contributed by atoms with Crippen LogP contribution >= 0.6 is 0 Å². The molecular weight excluding hydrogens is 266 g/mol. The SMILES string of the molecule is CC(O)CCCCCCCCCCN1C(=O)C[C@H](C)C1=O. The van der Waals surface area contributed by atoms with E-state index >= 15 is 0 Å². The number of aliphatic hydroxyl groups is 1. The Balaban J connectivity index is 1.91. The number of nitrogens with zero attached hydrogens (tertiary/aromatic N) is 1. The highest BCUT2D eigenvalue weighted by Gasteiger charge is 2.34. The van der Waals surface area contributed by atoms with Crippen LogP contribution in [0.25, 0.3) is 0 Å². The first kappa shape index (κ1) is 18.1. The summed E-state index contributed by atoms with van der Waals surface area (Å²) in [7, 11) is 0. The summed E-state index contributed by atoms with van der Waals surface area (Å²) in [5.74, 6) is -0.0946. The molecule has 1 heterocycles. The van der Waals surface area contributed by atoms with Crippen molar-refractivity contribution in [3.8, 4) is 0 Å². The second-order valence-corrected chi connectivity index (χ2v) is 6.45. The lowest BCUT2D eigenvalue weighted by atomic mass is 10.1. The third-order valence-corrected chi connectivity index (χ3v) is 4.22. The Kier molecular flexibility index (Phi) is 8.58. The molecule has 0 aromatic rings. The minimum absolute atomic E-state index is 0.00520. The van der Waals surface area contributed by atoms with Gasteiger partial charge in [-0.05, 0) is 19.8 Å². The van der Waals surface area contributed by atoms with Crippen LogP contribution in [-0.4, -0.2) is 34.5 Å². The van der Waals surface area contributed by atoms with E-state index in [1.165, 1.54) is 37.0 Å². The van der Waals surface area contributed by atoms with Crippen LogP contribution < -0.4 is 0 Å². The minimum atomic E-state index is -0.163. The average Bonchev–Trinajstić information content (AvgIpc) is 2.66. The largest absolute Gasteiger partial charge is 0.393 e. The monoisotopic (exact) mass is 297 g/mol. The molecule has 0 radical (unpaired) electrons. The lowest BCUT2D eigenvalue weighted by Crippen LogP contribution is -2.31. The third kappa shape index (κ3) is 7.07. The van der Waals surface area contributed by atoms with Gasteiger partial charge < -0.3 is 5.11 Å². The number of aliphatic hydroxyl groups excluding tert-OH is 1.